The molecule has 17 heavy (non-hydrogen) atoms. The SMILES string of the molecule is C[C@H]1[CH-]OC(OCc2cc(Cl)cc(Cl)c2)C1.[Cs+]. The van der Waals surface area contributed by atoms with Crippen molar-refractivity contribution in [1.29, 1.82) is 0 Å². The van der Waals surface area contributed by atoms with Crippen LogP contribution in [0.2, 0.25) is 10.0 Å². The zero-order valence-corrected chi connectivity index (χ0v) is 17.7. The molecule has 1 fully saturated rings. The van der Waals surface area contributed by atoms with E-state index in [1.807, 2.05) is 18.7 Å². The summed E-state index contributed by atoms with van der Waals surface area (Å²) in [5, 5.41) is 1.25. The molecule has 2 nitrogen and oxygen atoms in total. The van der Waals surface area contributed by atoms with Crippen molar-refractivity contribution in [2.24, 2.45) is 5.92 Å². The number of halogens is 2. The smallest absolute Gasteiger partial charge is 0.529 e. The number of hydrogen-bond donors (Lipinski definition) is 0. The molecular formula is C12H13Cl2CsO2. The quantitative estimate of drug-likeness (QED) is 0.716. The van der Waals surface area contributed by atoms with Gasteiger partial charge in [-0.15, -0.1) is 5.92 Å². The Bertz CT molecular complexity index is 353. The molecule has 1 aromatic carbocycles. The maximum Gasteiger partial charge on any atom is 1.00 e. The van der Waals surface area contributed by atoms with E-state index in [2.05, 4.69) is 6.92 Å². The summed E-state index contributed by atoms with van der Waals surface area (Å²) in [4.78, 5) is 0. The molecule has 0 N–H and O–H groups in total. The van der Waals surface area contributed by atoms with E-state index in [9.17, 15) is 0 Å². The fourth-order valence-corrected chi connectivity index (χ4v) is 2.20. The average Bonchev–Trinajstić information content (AvgIpc) is 2.60. The van der Waals surface area contributed by atoms with E-state index in [1.165, 1.54) is 0 Å². The zero-order chi connectivity index (χ0) is 11.5. The van der Waals surface area contributed by atoms with Crippen LogP contribution in [0.15, 0.2) is 18.2 Å². The summed E-state index contributed by atoms with van der Waals surface area (Å²) in [6, 6.07) is 5.39. The predicted octanol–water partition coefficient (Wildman–Crippen LogP) is 1.06. The summed E-state index contributed by atoms with van der Waals surface area (Å²) in [6.45, 7) is 4.38. The largest absolute Gasteiger partial charge is 1.00 e. The van der Waals surface area contributed by atoms with E-state index in [0.717, 1.165) is 12.0 Å². The third kappa shape index (κ3) is 5.73. The predicted molar refractivity (Wildman–Crippen MR) is 64.2 cm³/mol. The van der Waals surface area contributed by atoms with E-state index in [1.54, 1.807) is 6.07 Å². The molecular weight excluding hydrogens is 380 g/mol. The van der Waals surface area contributed by atoms with E-state index in [0.29, 0.717) is 22.6 Å². The number of benzene rings is 1. The van der Waals surface area contributed by atoms with Gasteiger partial charge in [-0.05, 0) is 30.2 Å². The Hall–Kier alpha value is 1.77. The molecule has 2 atom stereocenters. The van der Waals surface area contributed by atoms with Crippen molar-refractivity contribution in [3.8, 4) is 0 Å². The molecule has 0 radical (unpaired) electrons. The van der Waals surface area contributed by atoms with Gasteiger partial charge in [-0.3, -0.25) is 0 Å². The molecule has 0 saturated carbocycles. The molecule has 88 valence electrons. The average molecular weight is 393 g/mol. The minimum absolute atomic E-state index is 0. The van der Waals surface area contributed by atoms with Crippen LogP contribution < -0.4 is 68.9 Å². The minimum atomic E-state index is -0.146. The molecule has 0 spiro atoms. The fourth-order valence-electron chi connectivity index (χ4n) is 1.63. The molecule has 1 aliphatic rings. The van der Waals surface area contributed by atoms with Crippen molar-refractivity contribution in [2.45, 2.75) is 26.2 Å². The van der Waals surface area contributed by atoms with Gasteiger partial charge in [0.15, 0.2) is 0 Å². The Morgan fingerprint density at radius 1 is 1.35 bits per heavy atom. The monoisotopic (exact) mass is 392 g/mol. The topological polar surface area (TPSA) is 18.5 Å². The summed E-state index contributed by atoms with van der Waals surface area (Å²) in [7, 11) is 0. The van der Waals surface area contributed by atoms with E-state index < -0.39 is 0 Å². The molecule has 1 unspecified atom stereocenters. The van der Waals surface area contributed by atoms with Gasteiger partial charge >= 0.3 is 68.9 Å². The van der Waals surface area contributed by atoms with E-state index >= 15 is 0 Å². The van der Waals surface area contributed by atoms with E-state index in [-0.39, 0.29) is 75.2 Å². The first-order valence-corrected chi connectivity index (χ1v) is 5.94. The first-order valence-electron chi connectivity index (χ1n) is 5.19. The van der Waals surface area contributed by atoms with Gasteiger partial charge in [0.25, 0.3) is 0 Å². The number of ether oxygens (including phenoxy) is 2. The summed E-state index contributed by atoms with van der Waals surface area (Å²) in [5.74, 6) is 0.452. The molecule has 1 saturated heterocycles. The minimum Gasteiger partial charge on any atom is -0.529 e. The summed E-state index contributed by atoms with van der Waals surface area (Å²) >= 11 is 11.8. The summed E-state index contributed by atoms with van der Waals surface area (Å²) < 4.78 is 10.9. The third-order valence-electron chi connectivity index (χ3n) is 2.39. The Labute approximate surface area is 171 Å². The van der Waals surface area contributed by atoms with Crippen LogP contribution in [0, 0.1) is 12.5 Å². The fraction of sp³-hybridized carbons (Fsp3) is 0.417. The van der Waals surface area contributed by atoms with Crippen LogP contribution in [0.1, 0.15) is 18.9 Å². The second-order valence-electron chi connectivity index (χ2n) is 4.00. The molecule has 1 aliphatic heterocycles. The van der Waals surface area contributed by atoms with Gasteiger partial charge in [0.05, 0.1) is 6.61 Å². The zero-order valence-electron chi connectivity index (χ0n) is 9.95. The summed E-state index contributed by atoms with van der Waals surface area (Å²) in [6.07, 6.45) is 0.752. The first-order chi connectivity index (χ1) is 7.63. The van der Waals surface area contributed by atoms with Crippen LogP contribution in [0.4, 0.5) is 0 Å². The van der Waals surface area contributed by atoms with Crippen molar-refractivity contribution in [3.63, 3.8) is 0 Å². The molecule has 0 aromatic heterocycles. The molecule has 0 aliphatic carbocycles. The van der Waals surface area contributed by atoms with Gasteiger partial charge in [0, 0.05) is 10.0 Å². The maximum atomic E-state index is 5.89. The van der Waals surface area contributed by atoms with Gasteiger partial charge in [-0.25, -0.2) is 6.61 Å². The molecule has 0 amide bonds. The van der Waals surface area contributed by atoms with Crippen molar-refractivity contribution in [1.82, 2.24) is 0 Å². The molecule has 5 heteroatoms. The first kappa shape index (κ1) is 16.8. The van der Waals surface area contributed by atoms with Crippen molar-refractivity contribution in [2.75, 3.05) is 0 Å². The summed E-state index contributed by atoms with van der Waals surface area (Å²) in [5.41, 5.74) is 0.959. The Kier molecular flexibility index (Phi) is 8.06. The molecule has 0 bridgehead atoms. The third-order valence-corrected chi connectivity index (χ3v) is 2.82. The van der Waals surface area contributed by atoms with Gasteiger partial charge in [-0.1, -0.05) is 30.1 Å². The van der Waals surface area contributed by atoms with Crippen LogP contribution in [0.25, 0.3) is 0 Å². The Balaban J connectivity index is 0.00000144. The maximum absolute atomic E-state index is 5.89. The normalized spacial score (nSPS) is 23.5. The van der Waals surface area contributed by atoms with Gasteiger partial charge in [-0.2, -0.15) is 0 Å². The van der Waals surface area contributed by atoms with E-state index in [4.69, 9.17) is 32.7 Å². The number of hydrogen-bond acceptors (Lipinski definition) is 2. The van der Waals surface area contributed by atoms with Crippen LogP contribution in [0.5, 0.6) is 0 Å². The van der Waals surface area contributed by atoms with Crippen LogP contribution in [-0.4, -0.2) is 6.29 Å². The van der Waals surface area contributed by atoms with Gasteiger partial charge in [0.1, 0.15) is 6.29 Å². The standard InChI is InChI=1S/C12H13Cl2O2.Cs/c1-8-2-12(15-6-8)16-7-9-3-10(13)5-11(14)4-9;/h3-6,8,12H,2,7H2,1H3;/q-1;+1/t8-,12?;/m1./s1. The molecule has 2 rings (SSSR count). The van der Waals surface area contributed by atoms with Crippen LogP contribution in [-0.2, 0) is 16.1 Å². The second kappa shape index (κ2) is 8.15. The Morgan fingerprint density at radius 3 is 2.53 bits per heavy atom. The van der Waals surface area contributed by atoms with Crippen LogP contribution in [0.3, 0.4) is 0 Å². The van der Waals surface area contributed by atoms with Crippen molar-refractivity contribution < 1.29 is 78.4 Å². The van der Waals surface area contributed by atoms with Gasteiger partial charge < -0.3 is 9.47 Å². The van der Waals surface area contributed by atoms with Crippen molar-refractivity contribution in [3.05, 3.63) is 40.4 Å². The second-order valence-corrected chi connectivity index (χ2v) is 4.88. The Morgan fingerprint density at radius 2 is 2.00 bits per heavy atom. The molecule has 1 heterocycles. The van der Waals surface area contributed by atoms with Gasteiger partial charge in [0.2, 0.25) is 0 Å². The molecule has 1 aromatic rings. The van der Waals surface area contributed by atoms with Crippen LogP contribution >= 0.6 is 23.2 Å². The number of rotatable bonds is 3. The van der Waals surface area contributed by atoms with Crippen molar-refractivity contribution >= 4 is 23.2 Å².